The molecule has 0 aliphatic rings. The van der Waals surface area contributed by atoms with E-state index in [9.17, 15) is 9.90 Å². The Morgan fingerprint density at radius 2 is 1.69 bits per heavy atom. The van der Waals surface area contributed by atoms with Crippen molar-refractivity contribution in [3.05, 3.63) is 66.7 Å². The molecule has 3 N–H and O–H groups in total. The quantitative estimate of drug-likeness (QED) is 0.340. The van der Waals surface area contributed by atoms with Crippen LogP contribution < -0.4 is 10.6 Å². The second-order valence-electron chi connectivity index (χ2n) is 6.17. The van der Waals surface area contributed by atoms with E-state index in [2.05, 4.69) is 17.2 Å². The molecule has 1 unspecified atom stereocenters. The Morgan fingerprint density at radius 3 is 2.35 bits per heavy atom. The van der Waals surface area contributed by atoms with Crippen molar-refractivity contribution in [3.63, 3.8) is 0 Å². The van der Waals surface area contributed by atoms with Gasteiger partial charge in [-0.2, -0.15) is 0 Å². The number of carbonyl (C=O) groups is 1. The Balaban J connectivity index is 1.65. The maximum atomic E-state index is 11.3. The molecule has 2 rings (SSSR count). The Hall–Kier alpha value is -2.79. The number of aliphatic hydroxyl groups excluding tert-OH is 1. The number of para-hydroxylation sites is 1. The number of benzene rings is 2. The van der Waals surface area contributed by atoms with E-state index in [1.165, 1.54) is 0 Å². The van der Waals surface area contributed by atoms with E-state index in [-0.39, 0.29) is 6.61 Å². The van der Waals surface area contributed by atoms with Crippen LogP contribution in [-0.2, 0) is 9.53 Å². The van der Waals surface area contributed by atoms with Gasteiger partial charge in [-0.15, -0.1) is 0 Å². The minimum Gasteiger partial charge on any atom is -0.460 e. The van der Waals surface area contributed by atoms with Gasteiger partial charge in [0.25, 0.3) is 0 Å². The van der Waals surface area contributed by atoms with Crippen molar-refractivity contribution in [3.8, 4) is 0 Å². The summed E-state index contributed by atoms with van der Waals surface area (Å²) < 4.78 is 4.93. The molecule has 0 aliphatic carbocycles. The number of carbonyl (C=O) groups excluding carboxylic acids is 1. The zero-order valence-electron chi connectivity index (χ0n) is 15.1. The SMILES string of the molecule is C=C(C)C(=O)OCC(O)CCCNc1ccc(Nc2ccccc2)cc1. The fourth-order valence-corrected chi connectivity index (χ4v) is 2.31. The molecule has 2 aromatic carbocycles. The first-order valence-corrected chi connectivity index (χ1v) is 8.71. The number of rotatable bonds is 10. The number of aliphatic hydroxyl groups is 1. The van der Waals surface area contributed by atoms with Gasteiger partial charge in [0.05, 0.1) is 6.10 Å². The van der Waals surface area contributed by atoms with Crippen LogP contribution in [0.15, 0.2) is 66.7 Å². The zero-order chi connectivity index (χ0) is 18.8. The molecule has 0 fully saturated rings. The maximum absolute atomic E-state index is 11.3. The van der Waals surface area contributed by atoms with Gasteiger partial charge in [-0.3, -0.25) is 0 Å². The Morgan fingerprint density at radius 1 is 1.08 bits per heavy atom. The first kappa shape index (κ1) is 19.5. The lowest BCUT2D eigenvalue weighted by Gasteiger charge is -2.12. The largest absolute Gasteiger partial charge is 0.460 e. The van der Waals surface area contributed by atoms with Crippen LogP contribution in [0.25, 0.3) is 0 Å². The molecule has 0 saturated heterocycles. The van der Waals surface area contributed by atoms with Crippen molar-refractivity contribution >= 4 is 23.0 Å². The lowest BCUT2D eigenvalue weighted by atomic mass is 10.2. The monoisotopic (exact) mass is 354 g/mol. The molecule has 0 aliphatic heterocycles. The Labute approximate surface area is 154 Å². The van der Waals surface area contributed by atoms with E-state index in [1.807, 2.05) is 54.6 Å². The van der Waals surface area contributed by atoms with Crippen molar-refractivity contribution in [2.45, 2.75) is 25.9 Å². The molecule has 138 valence electrons. The molecule has 5 heteroatoms. The van der Waals surface area contributed by atoms with E-state index >= 15 is 0 Å². The highest BCUT2D eigenvalue weighted by atomic mass is 16.5. The van der Waals surface area contributed by atoms with E-state index < -0.39 is 12.1 Å². The molecule has 0 saturated carbocycles. The van der Waals surface area contributed by atoms with Gasteiger partial charge in [-0.25, -0.2) is 4.79 Å². The van der Waals surface area contributed by atoms with Gasteiger partial charge in [0.2, 0.25) is 0 Å². The highest BCUT2D eigenvalue weighted by Crippen LogP contribution is 2.18. The maximum Gasteiger partial charge on any atom is 0.333 e. The first-order valence-electron chi connectivity index (χ1n) is 8.71. The van der Waals surface area contributed by atoms with Crippen LogP contribution in [-0.4, -0.2) is 30.3 Å². The lowest BCUT2D eigenvalue weighted by molar-refractivity contribution is -0.141. The van der Waals surface area contributed by atoms with Gasteiger partial charge in [-0.1, -0.05) is 24.8 Å². The molecule has 0 radical (unpaired) electrons. The van der Waals surface area contributed by atoms with Crippen molar-refractivity contribution in [1.29, 1.82) is 0 Å². The van der Waals surface area contributed by atoms with Crippen LogP contribution in [0.3, 0.4) is 0 Å². The smallest absolute Gasteiger partial charge is 0.333 e. The van der Waals surface area contributed by atoms with Crippen LogP contribution >= 0.6 is 0 Å². The van der Waals surface area contributed by atoms with Crippen molar-refractivity contribution < 1.29 is 14.6 Å². The van der Waals surface area contributed by atoms with Gasteiger partial charge in [0.15, 0.2) is 0 Å². The third-order valence-corrected chi connectivity index (χ3v) is 3.75. The number of hydrogen-bond donors (Lipinski definition) is 3. The number of hydrogen-bond acceptors (Lipinski definition) is 5. The minimum absolute atomic E-state index is 0.00550. The molecular formula is C21H26N2O3. The number of esters is 1. The van der Waals surface area contributed by atoms with Gasteiger partial charge in [0.1, 0.15) is 6.61 Å². The van der Waals surface area contributed by atoms with Crippen LogP contribution in [0.1, 0.15) is 19.8 Å². The molecule has 0 bridgehead atoms. The highest BCUT2D eigenvalue weighted by molar-refractivity contribution is 5.86. The average Bonchev–Trinajstić information content (AvgIpc) is 2.65. The zero-order valence-corrected chi connectivity index (χ0v) is 15.1. The molecular weight excluding hydrogens is 328 g/mol. The second-order valence-corrected chi connectivity index (χ2v) is 6.17. The van der Waals surface area contributed by atoms with Crippen molar-refractivity contribution in [2.24, 2.45) is 0 Å². The van der Waals surface area contributed by atoms with E-state index in [0.29, 0.717) is 12.0 Å². The van der Waals surface area contributed by atoms with Crippen LogP contribution in [0, 0.1) is 0 Å². The summed E-state index contributed by atoms with van der Waals surface area (Å²) in [6.07, 6.45) is 0.678. The molecule has 5 nitrogen and oxygen atoms in total. The standard InChI is InChI=1S/C21H26N2O3/c1-16(2)21(25)26-15-20(24)9-6-14-22-17-10-12-19(13-11-17)23-18-7-4-3-5-8-18/h3-5,7-8,10-13,20,22-24H,1,6,9,14-15H2,2H3. The minimum atomic E-state index is -0.655. The predicted octanol–water partition coefficient (Wildman–Crippen LogP) is 4.10. The summed E-state index contributed by atoms with van der Waals surface area (Å²) in [5, 5.41) is 16.5. The third-order valence-electron chi connectivity index (χ3n) is 3.75. The van der Waals surface area contributed by atoms with E-state index in [1.54, 1.807) is 6.92 Å². The Bertz CT molecular complexity index is 699. The fourth-order valence-electron chi connectivity index (χ4n) is 2.31. The van der Waals surface area contributed by atoms with Crippen molar-refractivity contribution in [1.82, 2.24) is 0 Å². The summed E-state index contributed by atoms with van der Waals surface area (Å²) in [6.45, 7) is 5.82. The summed E-state index contributed by atoms with van der Waals surface area (Å²) >= 11 is 0. The normalized spacial score (nSPS) is 11.5. The summed E-state index contributed by atoms with van der Waals surface area (Å²) in [4.78, 5) is 11.3. The molecule has 0 amide bonds. The van der Waals surface area contributed by atoms with Gasteiger partial charge in [0, 0.05) is 29.2 Å². The topological polar surface area (TPSA) is 70.6 Å². The molecule has 0 heterocycles. The third kappa shape index (κ3) is 6.99. The molecule has 2 aromatic rings. The average molecular weight is 354 g/mol. The summed E-state index contributed by atoms with van der Waals surface area (Å²) in [5.41, 5.74) is 3.43. The molecule has 0 aromatic heterocycles. The lowest BCUT2D eigenvalue weighted by Crippen LogP contribution is -2.19. The van der Waals surface area contributed by atoms with Crippen LogP contribution in [0.5, 0.6) is 0 Å². The highest BCUT2D eigenvalue weighted by Gasteiger charge is 2.09. The van der Waals surface area contributed by atoms with Gasteiger partial charge >= 0.3 is 5.97 Å². The van der Waals surface area contributed by atoms with Crippen LogP contribution in [0.4, 0.5) is 17.1 Å². The molecule has 26 heavy (non-hydrogen) atoms. The predicted molar refractivity (Wildman–Crippen MR) is 106 cm³/mol. The van der Waals surface area contributed by atoms with E-state index in [4.69, 9.17) is 4.74 Å². The van der Waals surface area contributed by atoms with Crippen LogP contribution in [0.2, 0.25) is 0 Å². The van der Waals surface area contributed by atoms with Gasteiger partial charge in [-0.05, 0) is 56.2 Å². The number of nitrogens with one attached hydrogen (secondary N) is 2. The molecule has 0 spiro atoms. The summed E-state index contributed by atoms with van der Waals surface area (Å²) in [5.74, 6) is -0.466. The van der Waals surface area contributed by atoms with Crippen molar-refractivity contribution in [2.75, 3.05) is 23.8 Å². The van der Waals surface area contributed by atoms with Gasteiger partial charge < -0.3 is 20.5 Å². The fraction of sp³-hybridized carbons (Fsp3) is 0.286. The number of ether oxygens (including phenoxy) is 1. The number of anilines is 3. The second kappa shape index (κ2) is 10.3. The summed E-state index contributed by atoms with van der Waals surface area (Å²) in [7, 11) is 0. The first-order chi connectivity index (χ1) is 12.5. The Kier molecular flexibility index (Phi) is 7.71. The van der Waals surface area contributed by atoms with E-state index in [0.717, 1.165) is 30.0 Å². The molecule has 1 atom stereocenters. The summed E-state index contributed by atoms with van der Waals surface area (Å²) in [6, 6.07) is 18.1.